The number of benzene rings is 3. The molecule has 0 saturated carbocycles. The van der Waals surface area contributed by atoms with Crippen LogP contribution in [0.3, 0.4) is 0 Å². The number of aryl methyl sites for hydroxylation is 2. The van der Waals surface area contributed by atoms with Crippen LogP contribution in [0.2, 0.25) is 0 Å². The number of nitrogens with zero attached hydrogens (tertiary/aromatic N) is 2. The van der Waals surface area contributed by atoms with Crippen molar-refractivity contribution in [2.45, 2.75) is 13.8 Å². The second-order valence-corrected chi connectivity index (χ2v) is 6.74. The molecule has 0 aliphatic heterocycles. The summed E-state index contributed by atoms with van der Waals surface area (Å²) in [6, 6.07) is 19.1. The summed E-state index contributed by atoms with van der Waals surface area (Å²) in [6.07, 6.45) is 0. The largest absolute Gasteiger partial charge is 0.416 e. The third-order valence-electron chi connectivity index (χ3n) is 4.57. The zero-order valence-corrected chi connectivity index (χ0v) is 15.9. The Hall–Kier alpha value is -3.80. The Morgan fingerprint density at radius 1 is 0.931 bits per heavy atom. The highest BCUT2D eigenvalue weighted by atomic mass is 19.1. The number of halogens is 1. The molecule has 0 bridgehead atoms. The van der Waals surface area contributed by atoms with Crippen LogP contribution in [0.5, 0.6) is 0 Å². The van der Waals surface area contributed by atoms with Crippen molar-refractivity contribution < 1.29 is 13.6 Å². The van der Waals surface area contributed by atoms with Gasteiger partial charge in [-0.1, -0.05) is 24.3 Å². The van der Waals surface area contributed by atoms with Crippen molar-refractivity contribution >= 4 is 11.6 Å². The molecule has 3 aromatic carbocycles. The SMILES string of the molecule is Cc1ccc(NC(=O)c2ccc(-c3nnc(-c4ccccc4C)o3)cc2)c(F)c1. The van der Waals surface area contributed by atoms with E-state index in [1.165, 1.54) is 6.07 Å². The molecule has 1 N–H and O–H groups in total. The number of nitrogens with one attached hydrogen (secondary N) is 1. The Morgan fingerprint density at radius 2 is 1.66 bits per heavy atom. The second kappa shape index (κ2) is 7.67. The van der Waals surface area contributed by atoms with Crippen molar-refractivity contribution in [3.63, 3.8) is 0 Å². The molecule has 0 saturated heterocycles. The van der Waals surface area contributed by atoms with Gasteiger partial charge < -0.3 is 9.73 Å². The number of aromatic nitrogens is 2. The Bertz CT molecular complexity index is 1180. The van der Waals surface area contributed by atoms with E-state index in [2.05, 4.69) is 15.5 Å². The van der Waals surface area contributed by atoms with Gasteiger partial charge in [0.1, 0.15) is 5.82 Å². The number of hydrogen-bond donors (Lipinski definition) is 1. The van der Waals surface area contributed by atoms with E-state index in [9.17, 15) is 9.18 Å². The van der Waals surface area contributed by atoms with Gasteiger partial charge >= 0.3 is 0 Å². The first-order valence-corrected chi connectivity index (χ1v) is 9.09. The molecule has 1 heterocycles. The molecule has 0 atom stereocenters. The third-order valence-corrected chi connectivity index (χ3v) is 4.57. The summed E-state index contributed by atoms with van der Waals surface area (Å²) < 4.78 is 19.7. The summed E-state index contributed by atoms with van der Waals surface area (Å²) in [5.41, 5.74) is 3.93. The van der Waals surface area contributed by atoms with Crippen LogP contribution in [-0.4, -0.2) is 16.1 Å². The molecular formula is C23H18FN3O2. The first-order valence-electron chi connectivity index (χ1n) is 9.09. The molecule has 0 radical (unpaired) electrons. The molecule has 0 aliphatic rings. The van der Waals surface area contributed by atoms with E-state index in [1.54, 1.807) is 43.3 Å². The minimum atomic E-state index is -0.468. The van der Waals surface area contributed by atoms with Gasteiger partial charge in [-0.3, -0.25) is 4.79 Å². The number of anilines is 1. The maximum Gasteiger partial charge on any atom is 0.255 e. The van der Waals surface area contributed by atoms with Crippen LogP contribution in [0.25, 0.3) is 22.9 Å². The number of carbonyl (C=O) groups excluding carboxylic acids is 1. The normalized spacial score (nSPS) is 10.7. The second-order valence-electron chi connectivity index (χ2n) is 6.74. The molecule has 0 unspecified atom stereocenters. The highest BCUT2D eigenvalue weighted by Gasteiger charge is 2.14. The highest BCUT2D eigenvalue weighted by molar-refractivity contribution is 6.04. The van der Waals surface area contributed by atoms with Crippen LogP contribution < -0.4 is 5.32 Å². The Labute approximate surface area is 167 Å². The predicted octanol–water partition coefficient (Wildman–Crippen LogP) is 5.41. The molecule has 144 valence electrons. The molecule has 1 amide bonds. The lowest BCUT2D eigenvalue weighted by molar-refractivity contribution is 0.102. The first-order chi connectivity index (χ1) is 14.0. The minimum absolute atomic E-state index is 0.143. The quantitative estimate of drug-likeness (QED) is 0.508. The maximum atomic E-state index is 13.9. The van der Waals surface area contributed by atoms with Gasteiger partial charge in [0.15, 0.2) is 0 Å². The molecular weight excluding hydrogens is 369 g/mol. The van der Waals surface area contributed by atoms with Gasteiger partial charge in [0, 0.05) is 16.7 Å². The van der Waals surface area contributed by atoms with Crippen molar-refractivity contribution in [3.8, 4) is 22.9 Å². The fraction of sp³-hybridized carbons (Fsp3) is 0.0870. The van der Waals surface area contributed by atoms with Crippen LogP contribution in [0.4, 0.5) is 10.1 Å². The zero-order valence-electron chi connectivity index (χ0n) is 15.9. The Balaban J connectivity index is 1.52. The smallest absolute Gasteiger partial charge is 0.255 e. The summed E-state index contributed by atoms with van der Waals surface area (Å²) >= 11 is 0. The lowest BCUT2D eigenvalue weighted by atomic mass is 10.1. The monoisotopic (exact) mass is 387 g/mol. The number of hydrogen-bond acceptors (Lipinski definition) is 4. The molecule has 0 fully saturated rings. The van der Waals surface area contributed by atoms with E-state index in [4.69, 9.17) is 4.42 Å². The van der Waals surface area contributed by atoms with E-state index in [-0.39, 0.29) is 5.69 Å². The molecule has 4 aromatic rings. The van der Waals surface area contributed by atoms with Crippen LogP contribution in [-0.2, 0) is 0 Å². The molecule has 29 heavy (non-hydrogen) atoms. The first kappa shape index (κ1) is 18.6. The molecule has 0 aliphatic carbocycles. The van der Waals surface area contributed by atoms with E-state index < -0.39 is 11.7 Å². The number of rotatable bonds is 4. The third kappa shape index (κ3) is 3.91. The molecule has 5 nitrogen and oxygen atoms in total. The topological polar surface area (TPSA) is 68.0 Å². The van der Waals surface area contributed by atoms with Crippen molar-refractivity contribution in [1.29, 1.82) is 0 Å². The minimum Gasteiger partial charge on any atom is -0.416 e. The van der Waals surface area contributed by atoms with Gasteiger partial charge in [-0.25, -0.2) is 4.39 Å². The number of amides is 1. The van der Waals surface area contributed by atoms with E-state index >= 15 is 0 Å². The van der Waals surface area contributed by atoms with Crippen molar-refractivity contribution in [1.82, 2.24) is 10.2 Å². The maximum absolute atomic E-state index is 13.9. The Kier molecular flexibility index (Phi) is 4.91. The zero-order chi connectivity index (χ0) is 20.4. The van der Waals surface area contributed by atoms with Crippen molar-refractivity contribution in [3.05, 3.63) is 89.2 Å². The average Bonchev–Trinajstić information content (AvgIpc) is 3.20. The average molecular weight is 387 g/mol. The van der Waals surface area contributed by atoms with Gasteiger partial charge in [-0.15, -0.1) is 10.2 Å². The predicted molar refractivity (Wildman–Crippen MR) is 109 cm³/mol. The highest BCUT2D eigenvalue weighted by Crippen LogP contribution is 2.26. The summed E-state index contributed by atoms with van der Waals surface area (Å²) in [5.74, 6) is -0.0652. The van der Waals surface area contributed by atoms with Crippen LogP contribution in [0, 0.1) is 19.7 Å². The molecule has 0 spiro atoms. The van der Waals surface area contributed by atoms with Crippen molar-refractivity contribution in [2.75, 3.05) is 5.32 Å². The van der Waals surface area contributed by atoms with Gasteiger partial charge in [0.05, 0.1) is 5.69 Å². The summed E-state index contributed by atoms with van der Waals surface area (Å²) in [6.45, 7) is 3.76. The van der Waals surface area contributed by atoms with Crippen LogP contribution in [0.15, 0.2) is 71.1 Å². The summed E-state index contributed by atoms with van der Waals surface area (Å²) in [5, 5.41) is 10.8. The van der Waals surface area contributed by atoms with E-state index in [0.717, 1.165) is 16.7 Å². The standard InChI is InChI=1S/C23H18FN3O2/c1-14-7-12-20(19(24)13-14)25-21(28)16-8-10-17(11-9-16)22-26-27-23(29-22)18-6-4-3-5-15(18)2/h3-13H,1-2H3,(H,25,28). The van der Waals surface area contributed by atoms with Gasteiger partial charge in [0.25, 0.3) is 5.91 Å². The fourth-order valence-electron chi connectivity index (χ4n) is 2.94. The van der Waals surface area contributed by atoms with E-state index in [0.29, 0.717) is 22.9 Å². The lowest BCUT2D eigenvalue weighted by Gasteiger charge is -2.07. The fourth-order valence-corrected chi connectivity index (χ4v) is 2.94. The summed E-state index contributed by atoms with van der Waals surface area (Å²) in [4.78, 5) is 12.4. The van der Waals surface area contributed by atoms with Gasteiger partial charge in [0.2, 0.25) is 11.8 Å². The van der Waals surface area contributed by atoms with E-state index in [1.807, 2.05) is 31.2 Å². The van der Waals surface area contributed by atoms with Gasteiger partial charge in [-0.2, -0.15) is 0 Å². The van der Waals surface area contributed by atoms with Gasteiger partial charge in [-0.05, 0) is 67.4 Å². The summed E-state index contributed by atoms with van der Waals surface area (Å²) in [7, 11) is 0. The van der Waals surface area contributed by atoms with Crippen molar-refractivity contribution in [2.24, 2.45) is 0 Å². The Morgan fingerprint density at radius 3 is 2.38 bits per heavy atom. The van der Waals surface area contributed by atoms with Crippen LogP contribution in [0.1, 0.15) is 21.5 Å². The lowest BCUT2D eigenvalue weighted by Crippen LogP contribution is -2.12. The number of carbonyl (C=O) groups is 1. The van der Waals surface area contributed by atoms with Crippen LogP contribution >= 0.6 is 0 Å². The molecule has 1 aromatic heterocycles. The molecule has 4 rings (SSSR count). The molecule has 6 heteroatoms.